The maximum Gasteiger partial charge on any atom is 0.307 e. The Morgan fingerprint density at radius 2 is 1.88 bits per heavy atom. The molecule has 0 aliphatic heterocycles. The van der Waals surface area contributed by atoms with Crippen molar-refractivity contribution in [2.24, 2.45) is 5.92 Å². The molecule has 0 aromatic carbocycles. The van der Waals surface area contributed by atoms with E-state index in [1.165, 1.54) is 38.5 Å². The van der Waals surface area contributed by atoms with Crippen molar-refractivity contribution in [3.05, 3.63) is 11.7 Å². The lowest BCUT2D eigenvalue weighted by Gasteiger charge is -2.25. The van der Waals surface area contributed by atoms with Crippen LogP contribution in [0.3, 0.4) is 0 Å². The van der Waals surface area contributed by atoms with E-state index in [0.29, 0.717) is 24.3 Å². The van der Waals surface area contributed by atoms with Crippen molar-refractivity contribution in [3.8, 4) is 0 Å². The number of nitrogens with zero attached hydrogens (tertiary/aromatic N) is 2. The summed E-state index contributed by atoms with van der Waals surface area (Å²) < 4.78 is 11.2. The zero-order valence-corrected chi connectivity index (χ0v) is 20.3. The minimum atomic E-state index is -0.499. The lowest BCUT2D eigenvalue weighted by molar-refractivity contribution is -0.155. The minimum Gasteiger partial charge on any atom is -0.460 e. The van der Waals surface area contributed by atoms with Crippen LogP contribution in [0.2, 0.25) is 0 Å². The number of hydrogen-bond donors (Lipinski definition) is 2. The zero-order chi connectivity index (χ0) is 23.0. The van der Waals surface area contributed by atoms with Crippen molar-refractivity contribution in [1.82, 2.24) is 15.5 Å². The fraction of sp³-hybridized carbons (Fsp3) is 0.880. The molecule has 2 N–H and O–H groups in total. The molecular weight excluding hydrogens is 406 g/mol. The molecule has 0 radical (unpaired) electrons. The molecule has 0 amide bonds. The van der Waals surface area contributed by atoms with Gasteiger partial charge in [0.15, 0.2) is 5.82 Å². The quantitative estimate of drug-likeness (QED) is 0.484. The highest BCUT2D eigenvalue weighted by Crippen LogP contribution is 2.31. The Labute approximate surface area is 193 Å². The van der Waals surface area contributed by atoms with E-state index in [1.54, 1.807) is 0 Å². The lowest BCUT2D eigenvalue weighted by atomic mass is 9.84. The van der Waals surface area contributed by atoms with Crippen LogP contribution in [0.15, 0.2) is 4.52 Å². The van der Waals surface area contributed by atoms with Crippen LogP contribution < -0.4 is 5.32 Å². The highest BCUT2D eigenvalue weighted by atomic mass is 16.6. The molecule has 1 unspecified atom stereocenters. The van der Waals surface area contributed by atoms with Gasteiger partial charge in [-0.25, -0.2) is 0 Å². The molecule has 7 heteroatoms. The van der Waals surface area contributed by atoms with Gasteiger partial charge in [-0.05, 0) is 58.8 Å². The smallest absolute Gasteiger partial charge is 0.307 e. The molecule has 7 nitrogen and oxygen atoms in total. The molecule has 0 bridgehead atoms. The second-order valence-electron chi connectivity index (χ2n) is 10.9. The molecule has 0 saturated heterocycles. The Bertz CT molecular complexity index is 686. The highest BCUT2D eigenvalue weighted by Gasteiger charge is 2.27. The highest BCUT2D eigenvalue weighted by molar-refractivity contribution is 5.70. The Morgan fingerprint density at radius 1 is 1.16 bits per heavy atom. The summed E-state index contributed by atoms with van der Waals surface area (Å²) >= 11 is 0. The average Bonchev–Trinajstić information content (AvgIpc) is 3.21. The van der Waals surface area contributed by atoms with Crippen LogP contribution in [0.1, 0.15) is 122 Å². The third kappa shape index (κ3) is 8.81. The van der Waals surface area contributed by atoms with E-state index < -0.39 is 5.60 Å². The normalized spacial score (nSPS) is 23.8. The molecule has 3 rings (SSSR count). The van der Waals surface area contributed by atoms with Crippen LogP contribution >= 0.6 is 0 Å². The molecule has 1 heterocycles. The van der Waals surface area contributed by atoms with Crippen LogP contribution in [0.4, 0.5) is 0 Å². The number of carbonyl (C=O) groups excluding carboxylic acids is 1. The van der Waals surface area contributed by atoms with E-state index in [1.807, 2.05) is 20.8 Å². The van der Waals surface area contributed by atoms with E-state index in [2.05, 4.69) is 15.5 Å². The molecule has 1 aromatic heterocycles. The predicted octanol–water partition coefficient (Wildman–Crippen LogP) is 5.03. The first kappa shape index (κ1) is 25.2. The van der Waals surface area contributed by atoms with Crippen LogP contribution in [-0.2, 0) is 16.1 Å². The van der Waals surface area contributed by atoms with Crippen LogP contribution in [0.5, 0.6) is 0 Å². The largest absolute Gasteiger partial charge is 0.460 e. The standard InChI is InChI=1S/C25H43N3O4/c1-25(2,3)31-23(30)16-19(11-7-10-18-8-5-4-6-9-18)24-27-22(28-32-24)17-26-20-12-14-21(29)15-13-20/h18-21,26,29H,4-17H2,1-3H3. The molecule has 1 aromatic rings. The van der Waals surface area contributed by atoms with Crippen LogP contribution in [0, 0.1) is 5.92 Å². The first-order valence-electron chi connectivity index (χ1n) is 12.7. The molecule has 2 saturated carbocycles. The topological polar surface area (TPSA) is 97.5 Å². The molecule has 32 heavy (non-hydrogen) atoms. The van der Waals surface area contributed by atoms with Crippen molar-refractivity contribution < 1.29 is 19.2 Å². The van der Waals surface area contributed by atoms with Crippen molar-refractivity contribution in [1.29, 1.82) is 0 Å². The molecule has 0 spiro atoms. The summed E-state index contributed by atoms with van der Waals surface area (Å²) in [5, 5.41) is 17.3. The van der Waals surface area contributed by atoms with Gasteiger partial charge in [0.2, 0.25) is 5.89 Å². The number of esters is 1. The number of rotatable bonds is 10. The Morgan fingerprint density at radius 3 is 2.56 bits per heavy atom. The van der Waals surface area contributed by atoms with Crippen molar-refractivity contribution in [2.75, 3.05) is 0 Å². The fourth-order valence-electron chi connectivity index (χ4n) is 5.05. The number of aliphatic hydroxyl groups excluding tert-OH is 1. The van der Waals surface area contributed by atoms with Gasteiger partial charge in [-0.1, -0.05) is 50.1 Å². The molecule has 2 aliphatic rings. The Kier molecular flexibility index (Phi) is 9.53. The zero-order valence-electron chi connectivity index (χ0n) is 20.3. The first-order valence-corrected chi connectivity index (χ1v) is 12.7. The van der Waals surface area contributed by atoms with Gasteiger partial charge in [-0.2, -0.15) is 4.98 Å². The van der Waals surface area contributed by atoms with Crippen molar-refractivity contribution >= 4 is 5.97 Å². The summed E-state index contributed by atoms with van der Waals surface area (Å²) in [6.07, 6.45) is 13.6. The number of ether oxygens (including phenoxy) is 1. The maximum absolute atomic E-state index is 12.5. The number of aliphatic hydroxyl groups is 1. The number of aromatic nitrogens is 2. The van der Waals surface area contributed by atoms with E-state index in [9.17, 15) is 9.90 Å². The SMILES string of the molecule is CC(C)(C)OC(=O)CC(CCCC1CCCCC1)c1nc(CNC2CCC(O)CC2)no1. The molecular formula is C25H43N3O4. The first-order chi connectivity index (χ1) is 15.3. The molecule has 1 atom stereocenters. The van der Waals surface area contributed by atoms with E-state index in [0.717, 1.165) is 44.4 Å². The van der Waals surface area contributed by atoms with Crippen molar-refractivity contribution in [2.45, 2.75) is 134 Å². The summed E-state index contributed by atoms with van der Waals surface area (Å²) in [6.45, 7) is 6.22. The van der Waals surface area contributed by atoms with E-state index in [4.69, 9.17) is 9.26 Å². The maximum atomic E-state index is 12.5. The van der Waals surface area contributed by atoms with Gasteiger partial charge in [-0.3, -0.25) is 4.79 Å². The molecule has 2 fully saturated rings. The third-order valence-electron chi connectivity index (χ3n) is 6.80. The molecule has 182 valence electrons. The summed E-state index contributed by atoms with van der Waals surface area (Å²) in [6, 6.07) is 0.383. The van der Waals surface area contributed by atoms with Gasteiger partial charge >= 0.3 is 5.97 Å². The van der Waals surface area contributed by atoms with Crippen LogP contribution in [-0.4, -0.2) is 39.0 Å². The predicted molar refractivity (Wildman–Crippen MR) is 123 cm³/mol. The second-order valence-corrected chi connectivity index (χ2v) is 10.9. The second kappa shape index (κ2) is 12.1. The summed E-state index contributed by atoms with van der Waals surface area (Å²) in [4.78, 5) is 17.2. The van der Waals surface area contributed by atoms with Gasteiger partial charge in [0.1, 0.15) is 5.60 Å². The average molecular weight is 450 g/mol. The van der Waals surface area contributed by atoms with Crippen molar-refractivity contribution in [3.63, 3.8) is 0 Å². The summed E-state index contributed by atoms with van der Waals surface area (Å²) in [7, 11) is 0. The fourth-order valence-corrected chi connectivity index (χ4v) is 5.05. The van der Waals surface area contributed by atoms with Gasteiger partial charge in [-0.15, -0.1) is 0 Å². The number of hydrogen-bond acceptors (Lipinski definition) is 7. The minimum absolute atomic E-state index is 0.0977. The Balaban J connectivity index is 1.54. The number of carbonyl (C=O) groups is 1. The monoisotopic (exact) mass is 449 g/mol. The number of nitrogens with one attached hydrogen (secondary N) is 1. The van der Waals surface area contributed by atoms with E-state index >= 15 is 0 Å². The lowest BCUT2D eigenvalue weighted by Crippen LogP contribution is -2.34. The van der Waals surface area contributed by atoms with Gasteiger partial charge in [0.25, 0.3) is 0 Å². The Hall–Kier alpha value is -1.47. The van der Waals surface area contributed by atoms with Gasteiger partial charge in [0, 0.05) is 12.0 Å². The van der Waals surface area contributed by atoms with Crippen LogP contribution in [0.25, 0.3) is 0 Å². The summed E-state index contributed by atoms with van der Waals surface area (Å²) in [5.41, 5.74) is -0.499. The summed E-state index contributed by atoms with van der Waals surface area (Å²) in [5.74, 6) is 1.70. The van der Waals surface area contributed by atoms with Gasteiger partial charge < -0.3 is 19.7 Å². The molecule has 2 aliphatic carbocycles. The van der Waals surface area contributed by atoms with Gasteiger partial charge in [0.05, 0.1) is 19.1 Å². The van der Waals surface area contributed by atoms with E-state index in [-0.39, 0.29) is 24.4 Å². The third-order valence-corrected chi connectivity index (χ3v) is 6.80.